The number of carbonyl (C=O) groups is 2. The van der Waals surface area contributed by atoms with Gasteiger partial charge in [0.1, 0.15) is 5.75 Å². The molecule has 8 heteroatoms. The van der Waals surface area contributed by atoms with Crippen LogP contribution < -0.4 is 21.1 Å². The van der Waals surface area contributed by atoms with E-state index in [1.165, 1.54) is 29.7 Å². The van der Waals surface area contributed by atoms with Crippen molar-refractivity contribution in [3.63, 3.8) is 0 Å². The molecule has 29 heavy (non-hydrogen) atoms. The minimum atomic E-state index is -0.602. The van der Waals surface area contributed by atoms with Crippen LogP contribution in [0.5, 0.6) is 5.75 Å². The van der Waals surface area contributed by atoms with Gasteiger partial charge in [-0.25, -0.2) is 4.68 Å². The Balaban J connectivity index is 1.85. The molecule has 0 fully saturated rings. The van der Waals surface area contributed by atoms with Gasteiger partial charge in [-0.05, 0) is 43.2 Å². The molecule has 2 rings (SSSR count). The number of unbranched alkanes of at least 4 members (excludes halogenated alkanes) is 3. The Kier molecular flexibility index (Phi) is 8.88. The van der Waals surface area contributed by atoms with E-state index in [1.807, 2.05) is 6.92 Å². The highest BCUT2D eigenvalue weighted by molar-refractivity contribution is 5.98. The van der Waals surface area contributed by atoms with Gasteiger partial charge in [0.05, 0.1) is 6.61 Å². The average molecular weight is 400 g/mol. The van der Waals surface area contributed by atoms with Crippen LogP contribution in [0.25, 0.3) is 0 Å². The molecule has 0 unspecified atom stereocenters. The van der Waals surface area contributed by atoms with E-state index in [9.17, 15) is 14.4 Å². The van der Waals surface area contributed by atoms with E-state index < -0.39 is 11.8 Å². The lowest BCUT2D eigenvalue weighted by atomic mass is 10.2. The molecule has 2 amide bonds. The maximum absolute atomic E-state index is 12.2. The summed E-state index contributed by atoms with van der Waals surface area (Å²) in [6.07, 6.45) is 5.23. The van der Waals surface area contributed by atoms with Crippen molar-refractivity contribution in [1.82, 2.24) is 20.6 Å². The van der Waals surface area contributed by atoms with Crippen LogP contribution in [0.4, 0.5) is 0 Å². The Labute approximate surface area is 170 Å². The first-order chi connectivity index (χ1) is 14.0. The lowest BCUT2D eigenvalue weighted by Crippen LogP contribution is -2.42. The normalized spacial score (nSPS) is 10.4. The van der Waals surface area contributed by atoms with Crippen LogP contribution in [0.1, 0.15) is 66.8 Å². The van der Waals surface area contributed by atoms with E-state index in [0.29, 0.717) is 30.9 Å². The zero-order valence-electron chi connectivity index (χ0n) is 16.9. The zero-order valence-corrected chi connectivity index (χ0v) is 16.9. The number of hydrogen-bond donors (Lipinski definition) is 2. The molecule has 0 spiro atoms. The number of ether oxygens (including phenoxy) is 1. The maximum Gasteiger partial charge on any atom is 0.290 e. The number of nitrogens with one attached hydrogen (secondary N) is 2. The molecule has 1 aromatic carbocycles. The van der Waals surface area contributed by atoms with Crippen LogP contribution in [0.2, 0.25) is 0 Å². The number of rotatable bonds is 10. The molecular weight excluding hydrogens is 372 g/mol. The summed E-state index contributed by atoms with van der Waals surface area (Å²) in [5.41, 5.74) is 4.80. The smallest absolute Gasteiger partial charge is 0.290 e. The second kappa shape index (κ2) is 11.6. The molecule has 0 aliphatic heterocycles. The largest absolute Gasteiger partial charge is 0.494 e. The van der Waals surface area contributed by atoms with E-state index in [1.54, 1.807) is 24.3 Å². The molecule has 8 nitrogen and oxygen atoms in total. The van der Waals surface area contributed by atoms with Crippen molar-refractivity contribution < 1.29 is 14.3 Å². The Morgan fingerprint density at radius 2 is 1.66 bits per heavy atom. The fraction of sp³-hybridized carbons (Fsp3) is 0.429. The number of nitrogens with zero attached hydrogens (tertiary/aromatic N) is 2. The van der Waals surface area contributed by atoms with Gasteiger partial charge >= 0.3 is 0 Å². The fourth-order valence-corrected chi connectivity index (χ4v) is 2.61. The van der Waals surface area contributed by atoms with Gasteiger partial charge in [0.15, 0.2) is 5.69 Å². The molecule has 0 saturated heterocycles. The molecule has 1 aromatic heterocycles. The molecule has 0 aliphatic rings. The minimum Gasteiger partial charge on any atom is -0.494 e. The van der Waals surface area contributed by atoms with Gasteiger partial charge in [0.2, 0.25) is 0 Å². The van der Waals surface area contributed by atoms with E-state index in [-0.39, 0.29) is 11.3 Å². The van der Waals surface area contributed by atoms with Crippen molar-refractivity contribution >= 4 is 11.8 Å². The van der Waals surface area contributed by atoms with Crippen LogP contribution in [0, 0.1) is 0 Å². The van der Waals surface area contributed by atoms with Crippen molar-refractivity contribution in [1.29, 1.82) is 0 Å². The number of hydrazine groups is 1. The number of benzene rings is 1. The van der Waals surface area contributed by atoms with Crippen LogP contribution in [-0.4, -0.2) is 28.2 Å². The predicted octanol–water partition coefficient (Wildman–Crippen LogP) is 2.69. The van der Waals surface area contributed by atoms with E-state index in [2.05, 4.69) is 22.9 Å². The van der Waals surface area contributed by atoms with Gasteiger partial charge in [-0.2, -0.15) is 5.10 Å². The van der Waals surface area contributed by atoms with Crippen molar-refractivity contribution in [3.8, 4) is 5.75 Å². The third-order valence-corrected chi connectivity index (χ3v) is 4.21. The van der Waals surface area contributed by atoms with Gasteiger partial charge in [-0.1, -0.05) is 33.1 Å². The first-order valence-corrected chi connectivity index (χ1v) is 9.96. The second-order valence-electron chi connectivity index (χ2n) is 6.62. The number of aryl methyl sites for hydroxylation is 1. The predicted molar refractivity (Wildman–Crippen MR) is 110 cm³/mol. The van der Waals surface area contributed by atoms with Crippen LogP contribution >= 0.6 is 0 Å². The number of aromatic nitrogens is 2. The molecule has 2 aromatic rings. The van der Waals surface area contributed by atoms with E-state index >= 15 is 0 Å². The summed E-state index contributed by atoms with van der Waals surface area (Å²) in [4.78, 5) is 36.0. The summed E-state index contributed by atoms with van der Waals surface area (Å²) in [6, 6.07) is 9.30. The van der Waals surface area contributed by atoms with Crippen molar-refractivity contribution in [2.75, 3.05) is 6.61 Å². The van der Waals surface area contributed by atoms with Gasteiger partial charge < -0.3 is 4.74 Å². The number of amides is 2. The van der Waals surface area contributed by atoms with Crippen LogP contribution in [-0.2, 0) is 6.54 Å². The first-order valence-electron chi connectivity index (χ1n) is 9.96. The zero-order chi connectivity index (χ0) is 21.1. The quantitative estimate of drug-likeness (QED) is 0.472. The Hall–Kier alpha value is -3.16. The summed E-state index contributed by atoms with van der Waals surface area (Å²) in [6.45, 7) is 5.13. The van der Waals surface area contributed by atoms with Crippen molar-refractivity contribution in [2.45, 2.75) is 52.5 Å². The standard InChI is InChI=1S/C21H28N4O4/c1-3-5-6-7-15-29-17-10-8-16(9-11-17)20(27)22-23-21(28)18-12-13-19(26)25(24-18)14-4-2/h8-13H,3-7,14-15H2,1-2H3,(H,22,27)(H,23,28). The highest BCUT2D eigenvalue weighted by Gasteiger charge is 2.12. The second-order valence-corrected chi connectivity index (χ2v) is 6.62. The summed E-state index contributed by atoms with van der Waals surface area (Å²) in [7, 11) is 0. The first kappa shape index (κ1) is 22.1. The Bertz CT molecular complexity index is 862. The minimum absolute atomic E-state index is 0.0465. The molecule has 0 radical (unpaired) electrons. The lowest BCUT2D eigenvalue weighted by molar-refractivity contribution is 0.0842. The van der Waals surface area contributed by atoms with Gasteiger partial charge in [0, 0.05) is 18.2 Å². The summed E-state index contributed by atoms with van der Waals surface area (Å²) in [5, 5.41) is 4.00. The highest BCUT2D eigenvalue weighted by Crippen LogP contribution is 2.13. The Morgan fingerprint density at radius 3 is 2.34 bits per heavy atom. The molecule has 1 heterocycles. The highest BCUT2D eigenvalue weighted by atomic mass is 16.5. The molecule has 0 saturated carbocycles. The molecule has 156 valence electrons. The fourth-order valence-electron chi connectivity index (χ4n) is 2.61. The third kappa shape index (κ3) is 7.06. The average Bonchev–Trinajstić information content (AvgIpc) is 2.73. The molecule has 0 atom stereocenters. The van der Waals surface area contributed by atoms with Crippen LogP contribution in [0.3, 0.4) is 0 Å². The van der Waals surface area contributed by atoms with Crippen LogP contribution in [0.15, 0.2) is 41.2 Å². The molecular formula is C21H28N4O4. The molecule has 2 N–H and O–H groups in total. The lowest BCUT2D eigenvalue weighted by Gasteiger charge is -2.09. The molecule has 0 bridgehead atoms. The van der Waals surface area contributed by atoms with E-state index in [0.717, 1.165) is 12.8 Å². The summed E-state index contributed by atoms with van der Waals surface area (Å²) in [5.74, 6) is -0.366. The third-order valence-electron chi connectivity index (χ3n) is 4.21. The van der Waals surface area contributed by atoms with Crippen molar-refractivity contribution in [2.24, 2.45) is 0 Å². The topological polar surface area (TPSA) is 102 Å². The SMILES string of the molecule is CCCCCCOc1ccc(C(=O)NNC(=O)c2ccc(=O)n(CCC)n2)cc1. The van der Waals surface area contributed by atoms with Gasteiger partial charge in [-0.15, -0.1) is 0 Å². The maximum atomic E-state index is 12.2. The van der Waals surface area contributed by atoms with Crippen molar-refractivity contribution in [3.05, 3.63) is 58.0 Å². The van der Waals surface area contributed by atoms with E-state index in [4.69, 9.17) is 4.74 Å². The van der Waals surface area contributed by atoms with Gasteiger partial charge in [0.25, 0.3) is 17.4 Å². The Morgan fingerprint density at radius 1 is 0.931 bits per heavy atom. The number of carbonyl (C=O) groups excluding carboxylic acids is 2. The molecule has 0 aliphatic carbocycles. The monoisotopic (exact) mass is 400 g/mol. The van der Waals surface area contributed by atoms with Gasteiger partial charge in [-0.3, -0.25) is 25.2 Å². The summed E-state index contributed by atoms with van der Waals surface area (Å²) >= 11 is 0. The summed E-state index contributed by atoms with van der Waals surface area (Å²) < 4.78 is 6.87. The number of hydrogen-bond acceptors (Lipinski definition) is 5.